The van der Waals surface area contributed by atoms with Crippen LogP contribution in [0.3, 0.4) is 0 Å². The third-order valence-electron chi connectivity index (χ3n) is 4.13. The van der Waals surface area contributed by atoms with Gasteiger partial charge in [-0.3, -0.25) is 0 Å². The van der Waals surface area contributed by atoms with E-state index in [1.807, 2.05) is 42.5 Å². The van der Waals surface area contributed by atoms with Gasteiger partial charge in [-0.25, -0.2) is 4.39 Å². The van der Waals surface area contributed by atoms with E-state index in [1.54, 1.807) is 19.2 Å². The molecule has 0 aliphatic rings. The fourth-order valence-corrected chi connectivity index (χ4v) is 2.98. The minimum Gasteiger partial charge on any atom is -0.493 e. The molecule has 0 aliphatic heterocycles. The van der Waals surface area contributed by atoms with Crippen LogP contribution in [0.4, 0.5) is 4.39 Å². The summed E-state index contributed by atoms with van der Waals surface area (Å²) in [6.07, 6.45) is 0. The quantitative estimate of drug-likeness (QED) is 0.514. The molecule has 3 aromatic carbocycles. The number of hydrogen-bond acceptors (Lipinski definition) is 3. The fraction of sp³-hybridized carbons (Fsp3) is 0.136. The molecule has 0 amide bonds. The van der Waals surface area contributed by atoms with Gasteiger partial charge in [-0.05, 0) is 42.0 Å². The van der Waals surface area contributed by atoms with E-state index in [0.717, 1.165) is 16.7 Å². The third kappa shape index (κ3) is 5.21. The summed E-state index contributed by atoms with van der Waals surface area (Å²) < 4.78 is 24.3. The van der Waals surface area contributed by atoms with Crippen molar-refractivity contribution in [3.8, 4) is 11.5 Å². The summed E-state index contributed by atoms with van der Waals surface area (Å²) in [6.45, 7) is 0.842. The molecule has 0 saturated carbocycles. The summed E-state index contributed by atoms with van der Waals surface area (Å²) in [4.78, 5) is 0.570. The molecule has 0 aliphatic carbocycles. The van der Waals surface area contributed by atoms with Crippen LogP contribution in [0.25, 0.3) is 0 Å². The lowest BCUT2D eigenvalue weighted by atomic mass is 10.1. The first-order valence-electron chi connectivity index (χ1n) is 8.63. The Morgan fingerprint density at radius 3 is 2.50 bits per heavy atom. The van der Waals surface area contributed by atoms with E-state index in [9.17, 15) is 4.39 Å². The van der Waals surface area contributed by atoms with E-state index >= 15 is 0 Å². The lowest BCUT2D eigenvalue weighted by Gasteiger charge is -2.14. The molecule has 1 N–H and O–H groups in total. The Balaban J connectivity index is 1.65. The van der Waals surface area contributed by atoms with E-state index in [1.165, 1.54) is 12.1 Å². The highest BCUT2D eigenvalue weighted by Crippen LogP contribution is 2.29. The summed E-state index contributed by atoms with van der Waals surface area (Å²) in [6, 6.07) is 19.3. The zero-order chi connectivity index (χ0) is 19.9. The molecule has 0 radical (unpaired) electrons. The van der Waals surface area contributed by atoms with Gasteiger partial charge in [0.15, 0.2) is 11.5 Å². The molecule has 0 heterocycles. The Labute approximate surface area is 174 Å². The summed E-state index contributed by atoms with van der Waals surface area (Å²) in [5.74, 6) is 0.923. The van der Waals surface area contributed by atoms with Crippen LogP contribution in [0.15, 0.2) is 66.7 Å². The van der Waals surface area contributed by atoms with Gasteiger partial charge in [-0.2, -0.15) is 0 Å². The second-order valence-corrected chi connectivity index (χ2v) is 6.87. The van der Waals surface area contributed by atoms with Crippen LogP contribution in [0.1, 0.15) is 16.7 Å². The van der Waals surface area contributed by atoms with Crippen LogP contribution < -0.4 is 14.8 Å². The molecule has 0 fully saturated rings. The minimum absolute atomic E-state index is 0.261. The summed E-state index contributed by atoms with van der Waals surface area (Å²) in [5, 5.41) is 3.82. The van der Waals surface area contributed by atoms with Crippen molar-refractivity contribution < 1.29 is 13.9 Å². The molecule has 0 atom stereocenters. The van der Waals surface area contributed by atoms with Crippen molar-refractivity contribution in [2.45, 2.75) is 13.2 Å². The smallest absolute Gasteiger partial charge is 0.161 e. The number of methoxy groups -OCH3 is 1. The van der Waals surface area contributed by atoms with Crippen LogP contribution in [0.2, 0.25) is 5.02 Å². The van der Waals surface area contributed by atoms with Gasteiger partial charge in [-0.1, -0.05) is 54.2 Å². The van der Waals surface area contributed by atoms with Gasteiger partial charge in [0, 0.05) is 22.7 Å². The average Bonchev–Trinajstić information content (AvgIpc) is 2.72. The molecule has 0 saturated heterocycles. The summed E-state index contributed by atoms with van der Waals surface area (Å²) in [5.41, 5.74) is 2.64. The minimum atomic E-state index is -0.261. The highest BCUT2D eigenvalue weighted by Gasteiger charge is 2.10. The van der Waals surface area contributed by atoms with Gasteiger partial charge in [0.1, 0.15) is 17.4 Å². The number of nitrogens with one attached hydrogen (secondary N) is 1. The maximum atomic E-state index is 13.0. The molecule has 3 nitrogen and oxygen atoms in total. The molecule has 0 unspecified atom stereocenters. The molecular weight excluding hydrogens is 397 g/mol. The van der Waals surface area contributed by atoms with E-state index in [4.69, 9.17) is 33.3 Å². The fourth-order valence-electron chi connectivity index (χ4n) is 2.59. The molecular formula is C22H19ClFNO2S. The lowest BCUT2D eigenvalue weighted by Crippen LogP contribution is -2.21. The van der Waals surface area contributed by atoms with Crippen molar-refractivity contribution >= 4 is 28.8 Å². The zero-order valence-corrected chi connectivity index (χ0v) is 16.8. The maximum absolute atomic E-state index is 13.0. The van der Waals surface area contributed by atoms with Crippen molar-refractivity contribution in [2.75, 3.05) is 7.11 Å². The lowest BCUT2D eigenvalue weighted by molar-refractivity contribution is 0.284. The second kappa shape index (κ2) is 9.53. The largest absolute Gasteiger partial charge is 0.493 e. The molecule has 28 heavy (non-hydrogen) atoms. The Morgan fingerprint density at radius 2 is 1.79 bits per heavy atom. The Morgan fingerprint density at radius 1 is 1.04 bits per heavy atom. The Hall–Kier alpha value is -2.63. The molecule has 0 aromatic heterocycles. The number of halogens is 2. The average molecular weight is 416 g/mol. The zero-order valence-electron chi connectivity index (χ0n) is 15.2. The second-order valence-electron chi connectivity index (χ2n) is 6.05. The van der Waals surface area contributed by atoms with Crippen LogP contribution >= 0.6 is 23.8 Å². The molecule has 144 valence electrons. The standard InChI is InChI=1S/C22H19ClFNO2S/c1-26-21-12-16(22(28)25-13-15-6-9-18(24)10-7-15)8-11-20(21)27-14-17-4-2-3-5-19(17)23/h2-12H,13-14H2,1H3,(H,25,28). The first kappa shape index (κ1) is 20.1. The number of ether oxygens (including phenoxy) is 2. The first-order chi connectivity index (χ1) is 13.6. The SMILES string of the molecule is COc1cc(C(=S)NCc2ccc(F)cc2)ccc1OCc1ccccc1Cl. The molecule has 3 rings (SSSR count). The molecule has 0 bridgehead atoms. The molecule has 0 spiro atoms. The first-order valence-corrected chi connectivity index (χ1v) is 9.42. The molecule has 6 heteroatoms. The Bertz CT molecular complexity index is 963. The van der Waals surface area contributed by atoms with Crippen molar-refractivity contribution in [3.05, 3.63) is 94.3 Å². The van der Waals surface area contributed by atoms with Crippen molar-refractivity contribution in [2.24, 2.45) is 0 Å². The van der Waals surface area contributed by atoms with E-state index in [0.29, 0.717) is 34.7 Å². The number of benzene rings is 3. The maximum Gasteiger partial charge on any atom is 0.161 e. The number of thiocarbonyl (C=S) groups is 1. The van der Waals surface area contributed by atoms with E-state index in [2.05, 4.69) is 5.32 Å². The van der Waals surface area contributed by atoms with Gasteiger partial charge in [0.05, 0.1) is 7.11 Å². The Kier molecular flexibility index (Phi) is 6.85. The van der Waals surface area contributed by atoms with Crippen LogP contribution in [0.5, 0.6) is 11.5 Å². The summed E-state index contributed by atoms with van der Waals surface area (Å²) >= 11 is 11.6. The van der Waals surface area contributed by atoms with Crippen LogP contribution in [-0.4, -0.2) is 12.1 Å². The topological polar surface area (TPSA) is 30.5 Å². The number of rotatable bonds is 7. The van der Waals surface area contributed by atoms with Gasteiger partial charge in [0.2, 0.25) is 0 Å². The monoisotopic (exact) mass is 415 g/mol. The predicted molar refractivity (Wildman–Crippen MR) is 114 cm³/mol. The highest BCUT2D eigenvalue weighted by molar-refractivity contribution is 7.80. The van der Waals surface area contributed by atoms with Crippen molar-refractivity contribution in [3.63, 3.8) is 0 Å². The predicted octanol–water partition coefficient (Wildman–Crippen LogP) is 5.53. The van der Waals surface area contributed by atoms with Gasteiger partial charge in [-0.15, -0.1) is 0 Å². The van der Waals surface area contributed by atoms with Gasteiger partial charge < -0.3 is 14.8 Å². The van der Waals surface area contributed by atoms with Gasteiger partial charge in [0.25, 0.3) is 0 Å². The van der Waals surface area contributed by atoms with E-state index < -0.39 is 0 Å². The normalized spacial score (nSPS) is 10.4. The van der Waals surface area contributed by atoms with Crippen LogP contribution in [-0.2, 0) is 13.2 Å². The van der Waals surface area contributed by atoms with Gasteiger partial charge >= 0.3 is 0 Å². The summed E-state index contributed by atoms with van der Waals surface area (Å²) in [7, 11) is 1.58. The third-order valence-corrected chi connectivity index (χ3v) is 4.88. The number of hydrogen-bond donors (Lipinski definition) is 1. The highest BCUT2D eigenvalue weighted by atomic mass is 35.5. The van der Waals surface area contributed by atoms with Crippen molar-refractivity contribution in [1.82, 2.24) is 5.32 Å². The van der Waals surface area contributed by atoms with E-state index in [-0.39, 0.29) is 5.82 Å². The molecule has 3 aromatic rings. The van der Waals surface area contributed by atoms with Crippen molar-refractivity contribution in [1.29, 1.82) is 0 Å². The van der Waals surface area contributed by atoms with Crippen LogP contribution in [0, 0.1) is 5.82 Å².